The van der Waals surface area contributed by atoms with Gasteiger partial charge in [0.1, 0.15) is 17.5 Å². The van der Waals surface area contributed by atoms with E-state index in [1.807, 2.05) is 29.0 Å². The topological polar surface area (TPSA) is 74.5 Å². The second-order valence-electron chi connectivity index (χ2n) is 7.56. The van der Waals surface area contributed by atoms with Crippen LogP contribution in [0.25, 0.3) is 5.65 Å². The highest BCUT2D eigenvalue weighted by atomic mass is 79.9. The molecular weight excluding hydrogens is 456 g/mol. The lowest BCUT2D eigenvalue weighted by atomic mass is 10.2. The number of rotatable bonds is 5. The fraction of sp³-hybridized carbons (Fsp3) is 0.273. The van der Waals surface area contributed by atoms with Gasteiger partial charge in [0, 0.05) is 57.4 Å². The molecule has 1 aliphatic rings. The molecule has 5 rings (SSSR count). The zero-order valence-electron chi connectivity index (χ0n) is 17.2. The molecule has 5 heterocycles. The first-order valence-corrected chi connectivity index (χ1v) is 11.1. The van der Waals surface area contributed by atoms with Gasteiger partial charge < -0.3 is 15.1 Å². The van der Waals surface area contributed by atoms with E-state index in [-0.39, 0.29) is 0 Å². The summed E-state index contributed by atoms with van der Waals surface area (Å²) in [5.74, 6) is 2.92. The van der Waals surface area contributed by atoms with Gasteiger partial charge in [0.25, 0.3) is 0 Å². The summed E-state index contributed by atoms with van der Waals surface area (Å²) >= 11 is 3.58. The fourth-order valence-corrected chi connectivity index (χ4v) is 4.21. The maximum atomic E-state index is 4.88. The summed E-state index contributed by atoms with van der Waals surface area (Å²) in [5.41, 5.74) is 3.12. The maximum Gasteiger partial charge on any atom is 0.173 e. The molecule has 0 unspecified atom stereocenters. The minimum atomic E-state index is 0.663. The number of halogens is 1. The largest absolute Gasteiger partial charge is 0.366 e. The number of aromatic nitrogens is 5. The quantitative estimate of drug-likeness (QED) is 0.470. The Balaban J connectivity index is 1.37. The van der Waals surface area contributed by atoms with E-state index in [4.69, 9.17) is 4.98 Å². The first-order chi connectivity index (χ1) is 15.2. The molecule has 0 saturated carbocycles. The molecule has 158 valence electrons. The van der Waals surface area contributed by atoms with Crippen molar-refractivity contribution in [3.05, 3.63) is 70.7 Å². The third-order valence-corrected chi connectivity index (χ3v) is 6.06. The lowest BCUT2D eigenvalue weighted by Gasteiger charge is -2.36. The van der Waals surface area contributed by atoms with E-state index in [9.17, 15) is 0 Å². The summed E-state index contributed by atoms with van der Waals surface area (Å²) in [6.45, 7) is 6.35. The van der Waals surface area contributed by atoms with Gasteiger partial charge in [-0.3, -0.25) is 4.98 Å². The molecule has 1 N–H and O–H groups in total. The maximum absolute atomic E-state index is 4.88. The van der Waals surface area contributed by atoms with Crippen molar-refractivity contribution < 1.29 is 0 Å². The van der Waals surface area contributed by atoms with E-state index >= 15 is 0 Å². The van der Waals surface area contributed by atoms with Gasteiger partial charge in [0.15, 0.2) is 5.65 Å². The number of fused-ring (bicyclic) bond motifs is 1. The van der Waals surface area contributed by atoms with Gasteiger partial charge in [-0.15, -0.1) is 0 Å². The van der Waals surface area contributed by atoms with E-state index in [0.29, 0.717) is 6.54 Å². The fourth-order valence-electron chi connectivity index (χ4n) is 3.86. The van der Waals surface area contributed by atoms with E-state index in [1.54, 1.807) is 12.4 Å². The van der Waals surface area contributed by atoms with Crippen LogP contribution >= 0.6 is 15.9 Å². The molecule has 0 amide bonds. The van der Waals surface area contributed by atoms with Crippen molar-refractivity contribution in [3.8, 4) is 0 Å². The van der Waals surface area contributed by atoms with Crippen LogP contribution in [0.4, 0.5) is 17.5 Å². The molecule has 0 radical (unpaired) electrons. The van der Waals surface area contributed by atoms with Crippen LogP contribution in [0.15, 0.2) is 59.6 Å². The second kappa shape index (κ2) is 8.50. The molecule has 9 heteroatoms. The van der Waals surface area contributed by atoms with Gasteiger partial charge in [-0.2, -0.15) is 9.61 Å². The minimum Gasteiger partial charge on any atom is -0.366 e. The van der Waals surface area contributed by atoms with Crippen LogP contribution in [0, 0.1) is 6.92 Å². The number of pyridine rings is 2. The number of aryl methyl sites for hydroxylation is 1. The highest BCUT2D eigenvalue weighted by molar-refractivity contribution is 9.10. The Morgan fingerprint density at radius 3 is 2.61 bits per heavy atom. The van der Waals surface area contributed by atoms with Crippen molar-refractivity contribution in [1.82, 2.24) is 24.6 Å². The van der Waals surface area contributed by atoms with E-state index in [1.165, 1.54) is 5.56 Å². The van der Waals surface area contributed by atoms with Crippen LogP contribution in [-0.4, -0.2) is 50.7 Å². The smallest absolute Gasteiger partial charge is 0.173 e. The van der Waals surface area contributed by atoms with Gasteiger partial charge in [0.2, 0.25) is 0 Å². The number of piperazine rings is 1. The lowest BCUT2D eigenvalue weighted by Crippen LogP contribution is -2.47. The van der Waals surface area contributed by atoms with Gasteiger partial charge >= 0.3 is 0 Å². The molecule has 1 fully saturated rings. The Morgan fingerprint density at radius 2 is 1.84 bits per heavy atom. The summed E-state index contributed by atoms with van der Waals surface area (Å²) < 4.78 is 2.71. The van der Waals surface area contributed by atoms with Gasteiger partial charge in [-0.25, -0.2) is 9.97 Å². The third kappa shape index (κ3) is 4.05. The number of hydrogen-bond donors (Lipinski definition) is 1. The summed E-state index contributed by atoms with van der Waals surface area (Å²) in [5, 5.41) is 7.96. The molecule has 0 aromatic carbocycles. The Hall–Kier alpha value is -3.20. The molecule has 1 aliphatic heterocycles. The Bertz CT molecular complexity index is 1180. The molecule has 4 aromatic rings. The molecule has 0 spiro atoms. The predicted molar refractivity (Wildman–Crippen MR) is 126 cm³/mol. The molecule has 1 saturated heterocycles. The van der Waals surface area contributed by atoms with E-state index in [2.05, 4.69) is 71.2 Å². The Morgan fingerprint density at radius 1 is 1.03 bits per heavy atom. The zero-order chi connectivity index (χ0) is 21.2. The highest BCUT2D eigenvalue weighted by Crippen LogP contribution is 2.26. The van der Waals surface area contributed by atoms with Crippen LogP contribution in [-0.2, 0) is 6.54 Å². The van der Waals surface area contributed by atoms with Gasteiger partial charge in [-0.1, -0.05) is 12.1 Å². The Labute approximate surface area is 189 Å². The third-order valence-electron chi connectivity index (χ3n) is 5.50. The molecule has 31 heavy (non-hydrogen) atoms. The zero-order valence-corrected chi connectivity index (χ0v) is 18.8. The van der Waals surface area contributed by atoms with Crippen LogP contribution in [0.5, 0.6) is 0 Å². The highest BCUT2D eigenvalue weighted by Gasteiger charge is 2.22. The molecule has 8 nitrogen and oxygen atoms in total. The lowest BCUT2D eigenvalue weighted by molar-refractivity contribution is 0.640. The van der Waals surface area contributed by atoms with Crippen LogP contribution in [0.3, 0.4) is 0 Å². The number of nitrogens with one attached hydrogen (secondary N) is 1. The van der Waals surface area contributed by atoms with Crippen molar-refractivity contribution in [2.45, 2.75) is 13.5 Å². The summed E-state index contributed by atoms with van der Waals surface area (Å²) in [7, 11) is 0. The molecular formula is C22H23BrN8. The molecule has 0 bridgehead atoms. The van der Waals surface area contributed by atoms with Gasteiger partial charge in [0.05, 0.1) is 10.7 Å². The summed E-state index contributed by atoms with van der Waals surface area (Å²) in [6, 6.07) is 10.2. The van der Waals surface area contributed by atoms with Crippen LogP contribution < -0.4 is 15.1 Å². The first kappa shape index (κ1) is 19.7. The SMILES string of the molecule is Cc1cccnc1N1CCN(c2cc(NCc3cccnc3)n3ncc(Br)c3n2)CC1. The average molecular weight is 479 g/mol. The van der Waals surface area contributed by atoms with Crippen molar-refractivity contribution in [2.75, 3.05) is 41.3 Å². The molecule has 4 aromatic heterocycles. The Kier molecular flexibility index (Phi) is 5.42. The monoisotopic (exact) mass is 478 g/mol. The van der Waals surface area contributed by atoms with E-state index < -0.39 is 0 Å². The van der Waals surface area contributed by atoms with Crippen LogP contribution in [0.2, 0.25) is 0 Å². The standard InChI is InChI=1S/C22H23BrN8/c1-16-4-2-7-25-21(16)30-10-8-29(9-11-30)20-12-19(26-14-17-5-3-6-24-13-17)31-22(28-20)18(23)15-27-31/h2-7,12-13,15,26H,8-11,14H2,1H3. The minimum absolute atomic E-state index is 0.663. The van der Waals surface area contributed by atoms with Crippen molar-refractivity contribution in [2.24, 2.45) is 0 Å². The van der Waals surface area contributed by atoms with Crippen molar-refractivity contribution >= 4 is 39.0 Å². The number of nitrogens with zero attached hydrogens (tertiary/aromatic N) is 7. The molecule has 0 aliphatic carbocycles. The van der Waals surface area contributed by atoms with E-state index in [0.717, 1.165) is 59.3 Å². The normalized spacial score (nSPS) is 14.3. The van der Waals surface area contributed by atoms with Crippen molar-refractivity contribution in [1.29, 1.82) is 0 Å². The van der Waals surface area contributed by atoms with Gasteiger partial charge in [-0.05, 0) is 46.1 Å². The summed E-state index contributed by atoms with van der Waals surface area (Å²) in [6.07, 6.45) is 7.29. The number of hydrogen-bond acceptors (Lipinski definition) is 7. The predicted octanol–water partition coefficient (Wildman–Crippen LogP) is 3.53. The van der Waals surface area contributed by atoms with Crippen molar-refractivity contribution in [3.63, 3.8) is 0 Å². The second-order valence-corrected chi connectivity index (χ2v) is 8.41. The number of anilines is 3. The summed E-state index contributed by atoms with van der Waals surface area (Å²) in [4.78, 5) is 18.3. The average Bonchev–Trinajstić information content (AvgIpc) is 3.19. The molecule has 0 atom stereocenters. The van der Waals surface area contributed by atoms with Crippen LogP contribution in [0.1, 0.15) is 11.1 Å². The first-order valence-electron chi connectivity index (χ1n) is 10.3.